The molecule has 0 saturated carbocycles. The van der Waals surface area contributed by atoms with Crippen molar-refractivity contribution in [3.8, 4) is 0 Å². The Morgan fingerprint density at radius 2 is 2.21 bits per heavy atom. The fourth-order valence-electron chi connectivity index (χ4n) is 1.25. The first kappa shape index (κ1) is 9.01. The van der Waals surface area contributed by atoms with Crippen LogP contribution in [-0.2, 0) is 0 Å². The van der Waals surface area contributed by atoms with Crippen molar-refractivity contribution >= 4 is 38.8 Å². The number of nitrogen functional groups attached to an aromatic ring is 1. The first-order chi connectivity index (χ1) is 6.59. The number of hydrogen-bond donors (Lipinski definition) is 3. The van der Waals surface area contributed by atoms with Gasteiger partial charge in [-0.05, 0) is 28.1 Å². The van der Waals surface area contributed by atoms with Crippen molar-refractivity contribution in [1.82, 2.24) is 9.97 Å². The third-order valence-electron chi connectivity index (χ3n) is 1.88. The summed E-state index contributed by atoms with van der Waals surface area (Å²) >= 11 is 3.26. The summed E-state index contributed by atoms with van der Waals surface area (Å²) in [5, 5.41) is 0. The lowest BCUT2D eigenvalue weighted by molar-refractivity contribution is 0.0999. The number of amides is 1. The summed E-state index contributed by atoms with van der Waals surface area (Å²) in [6.07, 6.45) is 0. The van der Waals surface area contributed by atoms with E-state index in [0.29, 0.717) is 21.5 Å². The number of H-pyrrole nitrogens is 1. The zero-order chi connectivity index (χ0) is 10.3. The molecule has 14 heavy (non-hydrogen) atoms. The van der Waals surface area contributed by atoms with Gasteiger partial charge in [-0.2, -0.15) is 0 Å². The fourth-order valence-corrected chi connectivity index (χ4v) is 1.88. The van der Waals surface area contributed by atoms with E-state index >= 15 is 0 Å². The third kappa shape index (κ3) is 1.24. The molecule has 5 N–H and O–H groups in total. The van der Waals surface area contributed by atoms with Crippen LogP contribution in [0.25, 0.3) is 11.0 Å². The highest BCUT2D eigenvalue weighted by Gasteiger charge is 2.11. The number of aromatic amines is 1. The molecule has 0 atom stereocenters. The smallest absolute Gasteiger partial charge is 0.249 e. The van der Waals surface area contributed by atoms with Crippen molar-refractivity contribution in [2.75, 3.05) is 5.73 Å². The Labute approximate surface area is 87.6 Å². The molecule has 0 spiro atoms. The normalized spacial score (nSPS) is 10.6. The Balaban J connectivity index is 2.80. The van der Waals surface area contributed by atoms with Gasteiger partial charge in [0.15, 0.2) is 5.95 Å². The van der Waals surface area contributed by atoms with Crippen LogP contribution in [0.1, 0.15) is 10.4 Å². The summed E-state index contributed by atoms with van der Waals surface area (Å²) in [5.41, 5.74) is 12.4. The number of rotatable bonds is 1. The van der Waals surface area contributed by atoms with Gasteiger partial charge < -0.3 is 16.5 Å². The predicted molar refractivity (Wildman–Crippen MR) is 56.7 cm³/mol. The van der Waals surface area contributed by atoms with Crippen LogP contribution < -0.4 is 11.5 Å². The molecule has 1 amide bonds. The average molecular weight is 255 g/mol. The van der Waals surface area contributed by atoms with Crippen LogP contribution in [0.2, 0.25) is 0 Å². The number of nitrogens with zero attached hydrogens (tertiary/aromatic N) is 1. The molecule has 0 unspecified atom stereocenters. The van der Waals surface area contributed by atoms with Crippen molar-refractivity contribution in [2.24, 2.45) is 5.73 Å². The number of nitrogens with two attached hydrogens (primary N) is 2. The van der Waals surface area contributed by atoms with Gasteiger partial charge in [-0.1, -0.05) is 0 Å². The van der Waals surface area contributed by atoms with Gasteiger partial charge in [0.25, 0.3) is 0 Å². The number of nitrogens with one attached hydrogen (secondary N) is 1. The van der Waals surface area contributed by atoms with Crippen molar-refractivity contribution in [3.05, 3.63) is 22.2 Å². The third-order valence-corrected chi connectivity index (χ3v) is 2.68. The Kier molecular flexibility index (Phi) is 1.92. The van der Waals surface area contributed by atoms with Gasteiger partial charge in [0.1, 0.15) is 5.52 Å². The maximum atomic E-state index is 11.0. The number of aromatic nitrogens is 2. The Bertz CT molecular complexity index is 519. The summed E-state index contributed by atoms with van der Waals surface area (Å²) in [7, 11) is 0. The summed E-state index contributed by atoms with van der Waals surface area (Å²) in [4.78, 5) is 17.9. The molecular formula is C8H7BrN4O. The predicted octanol–water partition coefficient (Wildman–Crippen LogP) is 1.01. The molecular weight excluding hydrogens is 248 g/mol. The molecule has 0 fully saturated rings. The lowest BCUT2D eigenvalue weighted by Crippen LogP contribution is -2.11. The first-order valence-electron chi connectivity index (χ1n) is 3.83. The van der Waals surface area contributed by atoms with Gasteiger partial charge in [-0.15, -0.1) is 0 Å². The number of primary amides is 1. The molecule has 6 heteroatoms. The maximum Gasteiger partial charge on any atom is 0.249 e. The number of imidazole rings is 1. The molecule has 5 nitrogen and oxygen atoms in total. The second-order valence-corrected chi connectivity index (χ2v) is 3.60. The van der Waals surface area contributed by atoms with E-state index in [2.05, 4.69) is 25.9 Å². The zero-order valence-corrected chi connectivity index (χ0v) is 8.63. The topological polar surface area (TPSA) is 97.8 Å². The lowest BCUT2D eigenvalue weighted by atomic mass is 10.2. The van der Waals surface area contributed by atoms with Crippen LogP contribution in [-0.4, -0.2) is 15.9 Å². The number of halogens is 1. The summed E-state index contributed by atoms with van der Waals surface area (Å²) < 4.78 is 0.565. The van der Waals surface area contributed by atoms with Crippen LogP contribution in [0.4, 0.5) is 5.95 Å². The maximum absolute atomic E-state index is 11.0. The van der Waals surface area contributed by atoms with Gasteiger partial charge in [0, 0.05) is 0 Å². The average Bonchev–Trinajstić information content (AvgIpc) is 2.46. The molecule has 0 radical (unpaired) electrons. The van der Waals surface area contributed by atoms with E-state index in [0.717, 1.165) is 5.52 Å². The van der Waals surface area contributed by atoms with Crippen molar-refractivity contribution < 1.29 is 4.79 Å². The van der Waals surface area contributed by atoms with E-state index in [1.807, 2.05) is 0 Å². The van der Waals surface area contributed by atoms with E-state index < -0.39 is 5.91 Å². The van der Waals surface area contributed by atoms with Crippen LogP contribution in [0, 0.1) is 0 Å². The molecule has 2 rings (SSSR count). The van der Waals surface area contributed by atoms with E-state index in [9.17, 15) is 4.79 Å². The second-order valence-electron chi connectivity index (χ2n) is 2.81. The lowest BCUT2D eigenvalue weighted by Gasteiger charge is -1.98. The van der Waals surface area contributed by atoms with Crippen LogP contribution in [0.15, 0.2) is 16.6 Å². The van der Waals surface area contributed by atoms with Crippen LogP contribution >= 0.6 is 15.9 Å². The van der Waals surface area contributed by atoms with Gasteiger partial charge in [0.2, 0.25) is 5.91 Å². The minimum atomic E-state index is -0.500. The van der Waals surface area contributed by atoms with Gasteiger partial charge in [-0.25, -0.2) is 4.98 Å². The molecule has 2 aromatic rings. The quantitative estimate of drug-likeness (QED) is 0.709. The standard InChI is InChI=1S/C8H7BrN4O/c9-5-3(7(10)14)1-2-4-6(5)13-8(11)12-4/h1-2H,(H2,10,14)(H3,11,12,13). The van der Waals surface area contributed by atoms with Crippen molar-refractivity contribution in [3.63, 3.8) is 0 Å². The van der Waals surface area contributed by atoms with E-state index in [-0.39, 0.29) is 0 Å². The molecule has 1 aromatic heterocycles. The minimum Gasteiger partial charge on any atom is -0.369 e. The van der Waals surface area contributed by atoms with Gasteiger partial charge in [0.05, 0.1) is 15.6 Å². The SMILES string of the molecule is NC(=O)c1ccc2[nH]c(N)nc2c1Br. The molecule has 1 aromatic carbocycles. The molecule has 0 bridgehead atoms. The van der Waals surface area contributed by atoms with Crippen molar-refractivity contribution in [2.45, 2.75) is 0 Å². The highest BCUT2D eigenvalue weighted by Crippen LogP contribution is 2.26. The number of anilines is 1. The number of benzene rings is 1. The van der Waals surface area contributed by atoms with E-state index in [1.165, 1.54) is 0 Å². The zero-order valence-electron chi connectivity index (χ0n) is 7.04. The number of carbonyl (C=O) groups is 1. The first-order valence-corrected chi connectivity index (χ1v) is 4.62. The summed E-state index contributed by atoms with van der Waals surface area (Å²) in [6, 6.07) is 3.33. The molecule has 0 aliphatic carbocycles. The molecule has 72 valence electrons. The molecule has 0 aliphatic heterocycles. The largest absolute Gasteiger partial charge is 0.369 e. The monoisotopic (exact) mass is 254 g/mol. The van der Waals surface area contributed by atoms with Gasteiger partial charge >= 0.3 is 0 Å². The molecule has 0 saturated heterocycles. The highest BCUT2D eigenvalue weighted by molar-refractivity contribution is 9.10. The van der Waals surface area contributed by atoms with Gasteiger partial charge in [-0.3, -0.25) is 4.79 Å². The van der Waals surface area contributed by atoms with Crippen LogP contribution in [0.5, 0.6) is 0 Å². The van der Waals surface area contributed by atoms with Crippen molar-refractivity contribution in [1.29, 1.82) is 0 Å². The minimum absolute atomic E-state index is 0.308. The fraction of sp³-hybridized carbons (Fsp3) is 0. The molecule has 1 heterocycles. The Morgan fingerprint density at radius 1 is 1.50 bits per heavy atom. The van der Waals surface area contributed by atoms with Crippen LogP contribution in [0.3, 0.4) is 0 Å². The van der Waals surface area contributed by atoms with E-state index in [1.54, 1.807) is 12.1 Å². The number of fused-ring (bicyclic) bond motifs is 1. The number of carbonyl (C=O) groups excluding carboxylic acids is 1. The van der Waals surface area contributed by atoms with E-state index in [4.69, 9.17) is 11.5 Å². The summed E-state index contributed by atoms with van der Waals surface area (Å²) in [5.74, 6) is -0.192. The number of hydrogen-bond acceptors (Lipinski definition) is 3. The Morgan fingerprint density at radius 3 is 2.86 bits per heavy atom. The summed E-state index contributed by atoms with van der Waals surface area (Å²) in [6.45, 7) is 0. The highest BCUT2D eigenvalue weighted by atomic mass is 79.9. The Hall–Kier alpha value is -1.56. The second kappa shape index (κ2) is 2.98. The molecule has 0 aliphatic rings.